The fourth-order valence-electron chi connectivity index (χ4n) is 10.8. The van der Waals surface area contributed by atoms with Crippen LogP contribution in [0.15, 0.2) is 73.1 Å². The van der Waals surface area contributed by atoms with Crippen molar-refractivity contribution in [2.24, 2.45) is 0 Å². The van der Waals surface area contributed by atoms with Crippen LogP contribution in [-0.4, -0.2) is 130 Å². The number of likely N-dealkylation sites (N-methyl/N-ethyl adjacent to an activating group) is 1. The lowest BCUT2D eigenvalue weighted by Gasteiger charge is -2.37. The molecule has 17 nitrogen and oxygen atoms in total. The summed E-state index contributed by atoms with van der Waals surface area (Å²) in [4.78, 5) is 43.2. The molecule has 4 aliphatic rings. The van der Waals surface area contributed by atoms with Crippen LogP contribution in [-0.2, 0) is 25.9 Å². The quantitative estimate of drug-likeness (QED) is 0.0580. The number of aliphatic hydroxyl groups excluding tert-OH is 1. The first-order valence-corrected chi connectivity index (χ1v) is 25.9. The number of nitrogens with zero attached hydrogens (tertiary/aromatic N) is 11. The first kappa shape index (κ1) is 49.0. The molecule has 4 aromatic heterocycles. The van der Waals surface area contributed by atoms with Crippen molar-refractivity contribution in [1.29, 1.82) is 5.26 Å². The average Bonchev–Trinajstić information content (AvgIpc) is 4.03. The summed E-state index contributed by atoms with van der Waals surface area (Å²) in [6, 6.07) is 18.6. The van der Waals surface area contributed by atoms with Gasteiger partial charge >= 0.3 is 6.01 Å². The number of rotatable bonds is 18. The lowest BCUT2D eigenvalue weighted by Crippen LogP contribution is -2.51. The number of carbonyl (C=O) groups excluding carboxylic acids is 1. The van der Waals surface area contributed by atoms with Crippen LogP contribution in [0, 0.1) is 11.3 Å². The van der Waals surface area contributed by atoms with Crippen molar-refractivity contribution < 1.29 is 19.4 Å². The van der Waals surface area contributed by atoms with Gasteiger partial charge in [-0.2, -0.15) is 24.8 Å². The fraction of sp³-hybridized carbons (Fsp3) is 0.463. The number of piperidine rings is 1. The fourth-order valence-corrected chi connectivity index (χ4v) is 11.1. The molecule has 3 N–H and O–H groups in total. The van der Waals surface area contributed by atoms with E-state index in [4.69, 9.17) is 36.0 Å². The van der Waals surface area contributed by atoms with Gasteiger partial charge in [0.15, 0.2) is 11.4 Å². The number of likely N-dealkylation sites (tertiary alicyclic amines) is 1. The molecule has 8 heterocycles. The Morgan fingerprint density at radius 3 is 2.71 bits per heavy atom. The van der Waals surface area contributed by atoms with E-state index < -0.39 is 0 Å². The summed E-state index contributed by atoms with van der Waals surface area (Å²) in [5, 5.41) is 33.0. The third kappa shape index (κ3) is 10.4. The number of fused-ring (bicyclic) bond motifs is 3. The Morgan fingerprint density at radius 1 is 1.01 bits per heavy atom. The Hall–Kier alpha value is -6.58. The van der Waals surface area contributed by atoms with E-state index in [1.54, 1.807) is 12.3 Å². The van der Waals surface area contributed by atoms with Gasteiger partial charge in [-0.3, -0.25) is 4.79 Å². The van der Waals surface area contributed by atoms with Crippen LogP contribution in [0.4, 0.5) is 23.1 Å². The smallest absolute Gasteiger partial charge is 0.318 e. The van der Waals surface area contributed by atoms with Crippen molar-refractivity contribution in [2.75, 3.05) is 86.2 Å². The van der Waals surface area contributed by atoms with Crippen LogP contribution in [0.3, 0.4) is 0 Å². The summed E-state index contributed by atoms with van der Waals surface area (Å²) in [6.07, 6.45) is 11.8. The number of aryl methyl sites for hydroxylation is 1. The van der Waals surface area contributed by atoms with E-state index in [-0.39, 0.29) is 36.7 Å². The summed E-state index contributed by atoms with van der Waals surface area (Å²) in [5.74, 6) is 2.73. The Balaban J connectivity index is 0.821. The molecule has 18 heteroatoms. The van der Waals surface area contributed by atoms with Gasteiger partial charge in [0.1, 0.15) is 30.7 Å². The number of piperazine rings is 1. The largest absolute Gasteiger partial charge is 0.473 e. The summed E-state index contributed by atoms with van der Waals surface area (Å²) >= 11 is 7.04. The minimum atomic E-state index is -0.239. The maximum atomic E-state index is 14.2. The van der Waals surface area contributed by atoms with Crippen molar-refractivity contribution in [3.05, 3.63) is 106 Å². The molecule has 72 heavy (non-hydrogen) atoms. The summed E-state index contributed by atoms with van der Waals surface area (Å²) < 4.78 is 14.3. The van der Waals surface area contributed by atoms with Gasteiger partial charge in [0, 0.05) is 116 Å². The number of nitriles is 1. The number of pyridine rings is 1. The van der Waals surface area contributed by atoms with Crippen LogP contribution < -0.4 is 34.8 Å². The number of aromatic nitrogens is 6. The number of benzene rings is 2. The molecule has 0 amide bonds. The molecular weight excluding hydrogens is 930 g/mol. The van der Waals surface area contributed by atoms with Gasteiger partial charge in [0.25, 0.3) is 0 Å². The lowest BCUT2D eigenvalue weighted by molar-refractivity contribution is 0.102. The zero-order valence-electron chi connectivity index (χ0n) is 41.3. The molecule has 0 saturated carbocycles. The topological polar surface area (TPSA) is 185 Å². The monoisotopic (exact) mass is 993 g/mol. The predicted molar refractivity (Wildman–Crippen MR) is 281 cm³/mol. The first-order valence-electron chi connectivity index (χ1n) is 25.5. The number of ketones is 1. The molecule has 3 fully saturated rings. The number of hydrogen-bond donors (Lipinski definition) is 3. The van der Waals surface area contributed by atoms with E-state index in [0.29, 0.717) is 80.6 Å². The second-order valence-electron chi connectivity index (χ2n) is 19.5. The highest BCUT2D eigenvalue weighted by atomic mass is 35.5. The number of Topliss-reactive ketones (excluding diaryl/α,β-unsaturated/α-hetero) is 1. The maximum Gasteiger partial charge on any atom is 0.318 e. The Morgan fingerprint density at radius 2 is 1.90 bits per heavy atom. The molecule has 0 radical (unpaired) electrons. The summed E-state index contributed by atoms with van der Waals surface area (Å²) in [5.41, 5.74) is 6.50. The zero-order valence-corrected chi connectivity index (χ0v) is 42.1. The van der Waals surface area contributed by atoms with E-state index in [0.717, 1.165) is 127 Å². The zero-order chi connectivity index (χ0) is 49.7. The van der Waals surface area contributed by atoms with E-state index in [9.17, 15) is 15.2 Å². The SMILES string of the molecule is C=C(COc1ccc(CNc2cc(N3CCCC[C@H]3CCO)nc3c(CC)cnn23)cn1)C(=O)c1ccc(N2CCc3c(nc(OC[C@@H]4CCCN4C)nc3N3CCN[C@@H](CC#N)C3)C2)c2c(Cl)cccc12. The van der Waals surface area contributed by atoms with Crippen LogP contribution >= 0.6 is 11.6 Å². The highest BCUT2D eigenvalue weighted by Gasteiger charge is 2.31. The minimum Gasteiger partial charge on any atom is -0.473 e. The van der Waals surface area contributed by atoms with Gasteiger partial charge in [-0.1, -0.05) is 43.3 Å². The summed E-state index contributed by atoms with van der Waals surface area (Å²) in [7, 11) is 2.13. The molecule has 10 rings (SSSR count). The van der Waals surface area contributed by atoms with Crippen molar-refractivity contribution in [3.63, 3.8) is 0 Å². The predicted octanol–water partition coefficient (Wildman–Crippen LogP) is 7.18. The maximum absolute atomic E-state index is 14.2. The van der Waals surface area contributed by atoms with Crippen molar-refractivity contribution >= 4 is 56.9 Å². The second kappa shape index (κ2) is 22.0. The summed E-state index contributed by atoms with van der Waals surface area (Å²) in [6.45, 7) is 12.7. The van der Waals surface area contributed by atoms with Gasteiger partial charge in [-0.05, 0) is 94.1 Å². The van der Waals surface area contributed by atoms with Crippen LogP contribution in [0.2, 0.25) is 5.02 Å². The third-order valence-corrected chi connectivity index (χ3v) is 15.1. The van der Waals surface area contributed by atoms with Crippen LogP contribution in [0.25, 0.3) is 16.4 Å². The normalized spacial score (nSPS) is 19.4. The Kier molecular flexibility index (Phi) is 15.0. The van der Waals surface area contributed by atoms with E-state index in [2.05, 4.69) is 73.0 Å². The molecule has 2 aromatic carbocycles. The first-order chi connectivity index (χ1) is 35.2. The second-order valence-corrected chi connectivity index (χ2v) is 19.9. The minimum absolute atomic E-state index is 0.0470. The van der Waals surface area contributed by atoms with Gasteiger partial charge < -0.3 is 44.8 Å². The number of anilines is 4. The highest BCUT2D eigenvalue weighted by molar-refractivity contribution is 6.37. The van der Waals surface area contributed by atoms with Gasteiger partial charge in [0.05, 0.1) is 35.9 Å². The van der Waals surface area contributed by atoms with E-state index in [1.165, 1.54) is 0 Å². The van der Waals surface area contributed by atoms with Gasteiger partial charge in [-0.15, -0.1) is 0 Å². The highest BCUT2D eigenvalue weighted by Crippen LogP contribution is 2.39. The van der Waals surface area contributed by atoms with Gasteiger partial charge in [0.2, 0.25) is 5.88 Å². The number of hydrogen-bond acceptors (Lipinski definition) is 16. The van der Waals surface area contributed by atoms with Crippen LogP contribution in [0.5, 0.6) is 11.9 Å². The Bertz CT molecular complexity index is 2980. The average molecular weight is 995 g/mol. The number of halogens is 1. The van der Waals surface area contributed by atoms with Crippen molar-refractivity contribution in [2.45, 2.75) is 95.9 Å². The van der Waals surface area contributed by atoms with Crippen molar-refractivity contribution in [3.8, 4) is 18.0 Å². The van der Waals surface area contributed by atoms with Crippen LogP contribution in [0.1, 0.15) is 84.6 Å². The molecular formula is C54H64ClN13O4. The molecule has 376 valence electrons. The molecule has 0 spiro atoms. The number of carbonyl (C=O) groups is 1. The molecule has 4 aliphatic heterocycles. The van der Waals surface area contributed by atoms with E-state index >= 15 is 0 Å². The molecule has 3 atom stereocenters. The number of aliphatic hydroxyl groups is 1. The van der Waals surface area contributed by atoms with E-state index in [1.807, 2.05) is 47.1 Å². The molecule has 3 saturated heterocycles. The third-order valence-electron chi connectivity index (χ3n) is 14.8. The standard InChI is InChI=1S/C54H64ClN13O4/c1-4-37-30-60-68-47(27-48(62-52(37)68)67-23-6-5-9-39(67)19-26-69)58-28-36-13-16-49(59-29-36)71-33-35(2)51(70)42-14-15-46(50-41(42)11-7-12-44(50)55)65-24-18-43-45(32-65)61-54(72-34-40-10-8-22-64(40)3)63-53(43)66-25-21-57-38(31-66)17-20-56/h7,11-16,27,29-30,38-40,57-58,69H,2,4-6,8-10,17-19,21-26,28,31-34H2,1,3H3/t38-,39-,40-/m0/s1. The molecule has 6 aromatic rings. The number of ether oxygens (including phenoxy) is 2. The van der Waals surface area contributed by atoms with Crippen molar-refractivity contribution in [1.82, 2.24) is 39.8 Å². The van der Waals surface area contributed by atoms with Gasteiger partial charge in [-0.25, -0.2) is 9.97 Å². The molecule has 0 aliphatic carbocycles. The molecule has 0 bridgehead atoms. The molecule has 0 unspecified atom stereocenters. The number of nitrogens with one attached hydrogen (secondary N) is 2. The Labute approximate surface area is 425 Å². The lowest BCUT2D eigenvalue weighted by atomic mass is 9.95.